The first kappa shape index (κ1) is 64.7. The Balaban J connectivity index is 0.00000341. The van der Waals surface area contributed by atoms with E-state index in [9.17, 15) is 52.7 Å². The van der Waals surface area contributed by atoms with Crippen LogP contribution in [0.4, 0.5) is 0 Å². The molecule has 0 saturated carbocycles. The number of thioether (sulfide) groups is 1. The number of aliphatic carboxylic acids is 1. The predicted octanol–water partition coefficient (Wildman–Crippen LogP) is -2.02. The van der Waals surface area contributed by atoms with E-state index in [2.05, 4.69) is 62.8 Å². The maximum Gasteiger partial charge on any atom is 0.300 e. The fraction of sp³-hybridized carbons (Fsp3) is 0.453. The molecule has 438 valence electrons. The Labute approximate surface area is 470 Å². The number of primary amides is 2. The van der Waals surface area contributed by atoms with E-state index in [1.807, 2.05) is 18.4 Å². The first-order valence-electron chi connectivity index (χ1n) is 26.0. The van der Waals surface area contributed by atoms with Crippen LogP contribution in [0.15, 0.2) is 73.3 Å². The number of H-pyrrole nitrogens is 2. The van der Waals surface area contributed by atoms with E-state index in [0.717, 1.165) is 17.8 Å². The Morgan fingerprint density at radius 3 is 1.90 bits per heavy atom. The van der Waals surface area contributed by atoms with E-state index in [1.165, 1.54) is 31.2 Å². The highest BCUT2D eigenvalue weighted by Crippen LogP contribution is 2.20. The Kier molecular flexibility index (Phi) is 25.8. The monoisotopic (exact) mass is 1140 g/mol. The lowest BCUT2D eigenvalue weighted by molar-refractivity contribution is -0.135. The van der Waals surface area contributed by atoms with Crippen molar-refractivity contribution in [2.75, 3.05) is 18.6 Å². The van der Waals surface area contributed by atoms with Gasteiger partial charge in [0.25, 0.3) is 5.97 Å². The number of nitrogens with two attached hydrogens (primary N) is 2. The Morgan fingerprint density at radius 2 is 1.31 bits per heavy atom. The lowest BCUT2D eigenvalue weighted by Gasteiger charge is -2.26. The van der Waals surface area contributed by atoms with Gasteiger partial charge in [0.15, 0.2) is 0 Å². The highest BCUT2D eigenvalue weighted by Gasteiger charge is 2.35. The fourth-order valence-electron chi connectivity index (χ4n) is 8.31. The minimum Gasteiger partial charge on any atom is -0.481 e. The normalized spacial score (nSPS) is 15.3. The molecule has 0 spiro atoms. The largest absolute Gasteiger partial charge is 0.481 e. The summed E-state index contributed by atoms with van der Waals surface area (Å²) in [6.07, 6.45) is 6.13. The number of carboxylic acids is 1. The highest BCUT2D eigenvalue weighted by molar-refractivity contribution is 7.98. The van der Waals surface area contributed by atoms with E-state index in [1.54, 1.807) is 62.5 Å². The maximum atomic E-state index is 14.1. The third kappa shape index (κ3) is 21.7. The maximum absolute atomic E-state index is 14.1. The van der Waals surface area contributed by atoms with Gasteiger partial charge in [-0.05, 0) is 61.3 Å². The van der Waals surface area contributed by atoms with Gasteiger partial charge in [-0.2, -0.15) is 11.8 Å². The molecule has 1 fully saturated rings. The molecule has 8 atom stereocenters. The van der Waals surface area contributed by atoms with Crippen LogP contribution in [-0.4, -0.2) is 158 Å². The zero-order chi connectivity index (χ0) is 59.8. The number of benzene rings is 2. The molecule has 0 aliphatic carbocycles. The van der Waals surface area contributed by atoms with Crippen LogP contribution in [0, 0.1) is 5.92 Å². The summed E-state index contributed by atoms with van der Waals surface area (Å²) in [5.74, 6) is -8.91. The second-order valence-corrected chi connectivity index (χ2v) is 20.4. The molecular formula is C53H72N14O13S. The molecule has 81 heavy (non-hydrogen) atoms. The number of hydrogen-bond donors (Lipinski definition) is 14. The van der Waals surface area contributed by atoms with Crippen LogP contribution in [0.1, 0.15) is 76.6 Å². The first-order chi connectivity index (χ1) is 38.4. The number of carbonyl (C=O) groups excluding carboxylic acids is 11. The summed E-state index contributed by atoms with van der Waals surface area (Å²) < 4.78 is 0. The molecular weight excluding hydrogens is 1070 g/mol. The molecule has 27 nitrogen and oxygen atoms in total. The standard InChI is InChI=1S/C51H68N14O11S.C2H4O2/c1-27(2)43(51(76)56-25-42(68)60-39(22-31-24-54-26-57-31)50(75)63-37(20-29-10-6-5-7-11-29)49(74)61-34(44(53)69)18-19-77-4)65-45(70)28(3)58-48(73)38(21-30-23-55-33-13-9-8-12-32(30)33)64-47(72)36(14-16-40(52)66)62-46(71)35-15-17-41(67)59-35;1-2(3)4/h5-13,23-24,26-28,34-39,43,55H,14-22,25H2,1-4H3,(H2,52,66)(H2,53,69)(H,54,57)(H,56,76)(H,58,73)(H,59,67)(H,60,68)(H,61,74)(H,62,71)(H,63,75)(H,64,72)(H,65,70);1H3,(H,3,4)/t28-,34-,35-,36-,37-,38-,39-,43-;/m0./s1. The van der Waals surface area contributed by atoms with Crippen molar-refractivity contribution in [1.82, 2.24) is 62.8 Å². The molecule has 3 heterocycles. The van der Waals surface area contributed by atoms with Crippen LogP contribution < -0.4 is 59.3 Å². The lowest BCUT2D eigenvalue weighted by atomic mass is 10.0. The van der Waals surface area contributed by atoms with E-state index < -0.39 is 126 Å². The molecule has 1 saturated heterocycles. The van der Waals surface area contributed by atoms with Crippen molar-refractivity contribution >= 4 is 93.6 Å². The summed E-state index contributed by atoms with van der Waals surface area (Å²) in [6.45, 7) is 5.05. The van der Waals surface area contributed by atoms with E-state index in [0.29, 0.717) is 22.6 Å². The highest BCUT2D eigenvalue weighted by atomic mass is 32.2. The predicted molar refractivity (Wildman–Crippen MR) is 297 cm³/mol. The molecule has 5 rings (SSSR count). The van der Waals surface area contributed by atoms with Crippen LogP contribution in [0.3, 0.4) is 0 Å². The molecule has 2 aromatic carbocycles. The number of aromatic nitrogens is 3. The van der Waals surface area contributed by atoms with Gasteiger partial charge in [0.05, 0.1) is 12.9 Å². The van der Waals surface area contributed by atoms with Gasteiger partial charge in [-0.25, -0.2) is 4.98 Å². The summed E-state index contributed by atoms with van der Waals surface area (Å²) in [4.78, 5) is 165. The number of imidazole rings is 1. The topological polar surface area (TPSA) is 430 Å². The zero-order valence-corrected chi connectivity index (χ0v) is 46.4. The molecule has 1 aliphatic rings. The quantitative estimate of drug-likeness (QED) is 0.0268. The Hall–Kier alpha value is -8.82. The molecule has 1 aliphatic heterocycles. The number of rotatable bonds is 30. The van der Waals surface area contributed by atoms with Crippen molar-refractivity contribution in [3.8, 4) is 0 Å². The molecule has 0 unspecified atom stereocenters. The second kappa shape index (κ2) is 32.3. The van der Waals surface area contributed by atoms with Gasteiger partial charge < -0.3 is 74.4 Å². The molecule has 0 radical (unpaired) electrons. The minimum atomic E-state index is -1.37. The number of fused-ring (bicyclic) bond motifs is 1. The van der Waals surface area contributed by atoms with E-state index in [4.69, 9.17) is 21.4 Å². The SMILES string of the molecule is CC(=O)O.CSCC[C@H](NC(=O)[C@H](Cc1ccccc1)NC(=O)[C@H](Cc1cnc[nH]1)NC(=O)CNC(=O)[C@@H](NC(=O)[C@H](C)NC(=O)[C@H](Cc1c[nH]c2ccccc12)NC(=O)[C@H](CCC(N)=O)NC(=O)[C@@H]1CCC(=O)N1)C(C)C)C(N)=O. The third-order valence-electron chi connectivity index (χ3n) is 12.6. The minimum absolute atomic E-state index is 0.0189. The average molecular weight is 1150 g/mol. The smallest absolute Gasteiger partial charge is 0.300 e. The number of para-hydroxylation sites is 1. The van der Waals surface area contributed by atoms with Gasteiger partial charge in [-0.3, -0.25) is 57.5 Å². The number of aromatic amines is 2. The molecule has 16 N–H and O–H groups in total. The summed E-state index contributed by atoms with van der Waals surface area (Å²) in [7, 11) is 0. The van der Waals surface area contributed by atoms with Crippen molar-refractivity contribution in [2.24, 2.45) is 17.4 Å². The van der Waals surface area contributed by atoms with Crippen LogP contribution in [0.5, 0.6) is 0 Å². The number of hydrogen-bond acceptors (Lipinski definition) is 14. The van der Waals surface area contributed by atoms with Crippen molar-refractivity contribution in [1.29, 1.82) is 0 Å². The lowest BCUT2D eigenvalue weighted by Crippen LogP contribution is -2.59. The van der Waals surface area contributed by atoms with Crippen molar-refractivity contribution in [3.05, 3.63) is 90.1 Å². The number of carboxylic acid groups (broad SMARTS) is 1. The molecule has 0 bridgehead atoms. The van der Waals surface area contributed by atoms with Gasteiger partial charge in [-0.15, -0.1) is 0 Å². The second-order valence-electron chi connectivity index (χ2n) is 19.4. The molecule has 11 amide bonds. The number of carbonyl (C=O) groups is 12. The van der Waals surface area contributed by atoms with Gasteiger partial charge in [0.2, 0.25) is 65.0 Å². The van der Waals surface area contributed by atoms with Gasteiger partial charge in [-0.1, -0.05) is 62.4 Å². The van der Waals surface area contributed by atoms with Crippen LogP contribution in [0.2, 0.25) is 0 Å². The van der Waals surface area contributed by atoms with Crippen LogP contribution >= 0.6 is 11.8 Å². The number of nitrogens with one attached hydrogen (secondary N) is 11. The van der Waals surface area contributed by atoms with Crippen molar-refractivity contribution in [2.45, 2.75) is 127 Å². The summed E-state index contributed by atoms with van der Waals surface area (Å²) >= 11 is 1.46. The van der Waals surface area contributed by atoms with Crippen molar-refractivity contribution < 1.29 is 62.6 Å². The van der Waals surface area contributed by atoms with Gasteiger partial charge in [0.1, 0.15) is 48.3 Å². The number of amides is 11. The molecule has 4 aromatic rings. The molecule has 28 heteroatoms. The van der Waals surface area contributed by atoms with Crippen LogP contribution in [-0.2, 0) is 76.8 Å². The first-order valence-corrected chi connectivity index (χ1v) is 27.4. The van der Waals surface area contributed by atoms with E-state index in [-0.39, 0.29) is 57.3 Å². The molecule has 2 aromatic heterocycles. The van der Waals surface area contributed by atoms with Crippen molar-refractivity contribution in [3.63, 3.8) is 0 Å². The summed E-state index contributed by atoms with van der Waals surface area (Å²) in [6, 6.07) is 6.29. The van der Waals surface area contributed by atoms with E-state index >= 15 is 0 Å². The summed E-state index contributed by atoms with van der Waals surface area (Å²) in [5.41, 5.74) is 13.5. The third-order valence-corrected chi connectivity index (χ3v) is 13.2. The fourth-order valence-corrected chi connectivity index (χ4v) is 8.78. The van der Waals surface area contributed by atoms with Gasteiger partial charge in [0, 0.05) is 68.0 Å². The number of nitrogens with zero attached hydrogens (tertiary/aromatic N) is 1. The van der Waals surface area contributed by atoms with Gasteiger partial charge >= 0.3 is 0 Å². The Morgan fingerprint density at radius 1 is 0.704 bits per heavy atom. The average Bonchev–Trinajstić information content (AvgIpc) is 4.26. The zero-order valence-electron chi connectivity index (χ0n) is 45.6. The van der Waals surface area contributed by atoms with Crippen LogP contribution in [0.25, 0.3) is 10.9 Å². The summed E-state index contributed by atoms with van der Waals surface area (Å²) in [5, 5.41) is 31.5. The Bertz CT molecular complexity index is 2840.